The van der Waals surface area contributed by atoms with Gasteiger partial charge in [0.25, 0.3) is 10.0 Å². The molecule has 1 aromatic heterocycles. The van der Waals surface area contributed by atoms with Gasteiger partial charge in [0.15, 0.2) is 0 Å². The Bertz CT molecular complexity index is 557. The number of rotatable bonds is 7. The van der Waals surface area contributed by atoms with Crippen molar-refractivity contribution in [1.29, 1.82) is 0 Å². The first-order valence-electron chi connectivity index (χ1n) is 6.46. The van der Waals surface area contributed by atoms with Crippen LogP contribution in [0, 0.1) is 5.92 Å². The number of amides is 1. The summed E-state index contributed by atoms with van der Waals surface area (Å²) in [6, 6.07) is 1.32. The maximum Gasteiger partial charge on any atom is 0.265 e. The maximum atomic E-state index is 12.1. The molecule has 0 saturated carbocycles. The van der Waals surface area contributed by atoms with Crippen molar-refractivity contribution in [2.24, 2.45) is 5.92 Å². The predicted octanol–water partition coefficient (Wildman–Crippen LogP) is 1.72. The Morgan fingerprint density at radius 2 is 2.15 bits per heavy atom. The fraction of sp³-hybridized carbons (Fsp3) is 0.538. The van der Waals surface area contributed by atoms with Gasteiger partial charge in [-0.3, -0.25) is 9.78 Å². The zero-order valence-corrected chi connectivity index (χ0v) is 12.7. The third-order valence-electron chi connectivity index (χ3n) is 2.91. The number of hydrogen-bond acceptors (Lipinski definition) is 5. The van der Waals surface area contributed by atoms with Crippen LogP contribution < -0.4 is 9.46 Å². The van der Waals surface area contributed by atoms with Crippen LogP contribution in [-0.2, 0) is 14.8 Å². The Balaban J connectivity index is 2.81. The minimum Gasteiger partial charge on any atom is -0.495 e. The summed E-state index contributed by atoms with van der Waals surface area (Å²) in [5, 5.41) is 0. The van der Waals surface area contributed by atoms with E-state index in [4.69, 9.17) is 4.74 Å². The summed E-state index contributed by atoms with van der Waals surface area (Å²) in [6.45, 7) is 3.73. The highest BCUT2D eigenvalue weighted by molar-refractivity contribution is 7.90. The van der Waals surface area contributed by atoms with Gasteiger partial charge in [-0.2, -0.15) is 0 Å². The highest BCUT2D eigenvalue weighted by Crippen LogP contribution is 2.16. The average Bonchev–Trinajstić information content (AvgIpc) is 2.44. The van der Waals surface area contributed by atoms with Crippen molar-refractivity contribution in [2.75, 3.05) is 7.11 Å². The summed E-state index contributed by atoms with van der Waals surface area (Å²) >= 11 is 0. The van der Waals surface area contributed by atoms with Crippen LogP contribution in [-0.4, -0.2) is 26.4 Å². The van der Waals surface area contributed by atoms with Gasteiger partial charge in [0.2, 0.25) is 5.91 Å². The molecule has 0 spiro atoms. The molecule has 1 rings (SSSR count). The van der Waals surface area contributed by atoms with Gasteiger partial charge in [0.1, 0.15) is 10.6 Å². The number of nitrogens with zero attached hydrogens (tertiary/aromatic N) is 1. The smallest absolute Gasteiger partial charge is 0.265 e. The lowest BCUT2D eigenvalue weighted by Gasteiger charge is -2.12. The van der Waals surface area contributed by atoms with Crippen molar-refractivity contribution in [2.45, 2.75) is 38.0 Å². The van der Waals surface area contributed by atoms with E-state index < -0.39 is 15.9 Å². The Morgan fingerprint density at radius 1 is 1.45 bits per heavy atom. The molecule has 0 radical (unpaired) electrons. The Morgan fingerprint density at radius 3 is 2.75 bits per heavy atom. The summed E-state index contributed by atoms with van der Waals surface area (Å²) in [6.07, 6.45) is 5.08. The molecule has 112 valence electrons. The molecule has 1 N–H and O–H groups in total. The number of sulfonamides is 1. The van der Waals surface area contributed by atoms with Crippen molar-refractivity contribution in [3.05, 3.63) is 18.5 Å². The van der Waals surface area contributed by atoms with Gasteiger partial charge < -0.3 is 4.74 Å². The standard InChI is InChI=1S/C13H20N2O4S/c1-4-5-6-10(2)13(16)15-20(17,18)12-7-11(19-3)8-14-9-12/h7-10H,4-6H2,1-3H3,(H,15,16). The number of unbranched alkanes of at least 4 members (excludes halogenated alkanes) is 1. The van der Waals surface area contributed by atoms with E-state index in [1.54, 1.807) is 6.92 Å². The SMILES string of the molecule is CCCCC(C)C(=O)NS(=O)(=O)c1cncc(OC)c1. The molecule has 0 bridgehead atoms. The van der Waals surface area contributed by atoms with Crippen LogP contribution in [0.4, 0.5) is 0 Å². The van der Waals surface area contributed by atoms with Crippen molar-refractivity contribution in [3.8, 4) is 5.75 Å². The highest BCUT2D eigenvalue weighted by atomic mass is 32.2. The number of nitrogens with one attached hydrogen (secondary N) is 1. The van der Waals surface area contributed by atoms with Gasteiger partial charge in [0.05, 0.1) is 13.3 Å². The van der Waals surface area contributed by atoms with Crippen LogP contribution in [0.5, 0.6) is 5.75 Å². The molecule has 7 heteroatoms. The third kappa shape index (κ3) is 4.48. The number of pyridine rings is 1. The molecule has 1 aromatic rings. The van der Waals surface area contributed by atoms with Crippen molar-refractivity contribution >= 4 is 15.9 Å². The second-order valence-electron chi connectivity index (χ2n) is 4.57. The second-order valence-corrected chi connectivity index (χ2v) is 6.26. The second kappa shape index (κ2) is 7.23. The van der Waals surface area contributed by atoms with Gasteiger partial charge in [-0.1, -0.05) is 26.7 Å². The number of carbonyl (C=O) groups is 1. The lowest BCUT2D eigenvalue weighted by atomic mass is 10.0. The van der Waals surface area contributed by atoms with Gasteiger partial charge in [-0.05, 0) is 6.42 Å². The van der Waals surface area contributed by atoms with Crippen LogP contribution in [0.2, 0.25) is 0 Å². The third-order valence-corrected chi connectivity index (χ3v) is 4.22. The molecule has 0 aliphatic carbocycles. The molecule has 0 aliphatic rings. The number of methoxy groups -OCH3 is 1. The van der Waals surface area contributed by atoms with E-state index >= 15 is 0 Å². The van der Waals surface area contributed by atoms with Crippen molar-refractivity contribution in [1.82, 2.24) is 9.71 Å². The van der Waals surface area contributed by atoms with E-state index in [0.717, 1.165) is 12.8 Å². The number of ether oxygens (including phenoxy) is 1. The normalized spacial score (nSPS) is 12.8. The molecule has 0 saturated heterocycles. The molecule has 6 nitrogen and oxygen atoms in total. The van der Waals surface area contributed by atoms with Gasteiger partial charge in [0, 0.05) is 18.2 Å². The fourth-order valence-corrected chi connectivity index (χ4v) is 2.65. The molecular formula is C13H20N2O4S. The average molecular weight is 300 g/mol. The van der Waals surface area contributed by atoms with E-state index in [9.17, 15) is 13.2 Å². The Labute approximate surface area is 119 Å². The highest BCUT2D eigenvalue weighted by Gasteiger charge is 2.22. The maximum absolute atomic E-state index is 12.1. The lowest BCUT2D eigenvalue weighted by molar-refractivity contribution is -0.122. The predicted molar refractivity (Wildman–Crippen MR) is 74.8 cm³/mol. The monoisotopic (exact) mass is 300 g/mol. The molecular weight excluding hydrogens is 280 g/mol. The summed E-state index contributed by atoms with van der Waals surface area (Å²) < 4.78 is 31.1. The van der Waals surface area contributed by atoms with Gasteiger partial charge >= 0.3 is 0 Å². The fourth-order valence-electron chi connectivity index (χ4n) is 1.59. The van der Waals surface area contributed by atoms with Crippen LogP contribution in [0.1, 0.15) is 33.1 Å². The first-order valence-corrected chi connectivity index (χ1v) is 7.94. The molecule has 1 heterocycles. The first-order chi connectivity index (χ1) is 9.40. The quantitative estimate of drug-likeness (QED) is 0.828. The summed E-state index contributed by atoms with van der Waals surface area (Å²) in [7, 11) is -2.49. The first kappa shape index (κ1) is 16.4. The molecule has 0 fully saturated rings. The van der Waals surface area contributed by atoms with Crippen LogP contribution in [0.25, 0.3) is 0 Å². The minimum atomic E-state index is -3.90. The lowest BCUT2D eigenvalue weighted by Crippen LogP contribution is -2.34. The van der Waals surface area contributed by atoms with E-state index in [0.29, 0.717) is 12.2 Å². The molecule has 1 unspecified atom stereocenters. The zero-order valence-electron chi connectivity index (χ0n) is 11.9. The Hall–Kier alpha value is -1.63. The molecule has 1 amide bonds. The van der Waals surface area contributed by atoms with Crippen molar-refractivity contribution < 1.29 is 17.9 Å². The largest absolute Gasteiger partial charge is 0.495 e. The molecule has 0 aromatic carbocycles. The molecule has 0 aliphatic heterocycles. The summed E-state index contributed by atoms with van der Waals surface area (Å²) in [5.74, 6) is -0.524. The topological polar surface area (TPSA) is 85.4 Å². The molecule has 1 atom stereocenters. The van der Waals surface area contributed by atoms with Gasteiger partial charge in [-0.15, -0.1) is 0 Å². The molecule has 20 heavy (non-hydrogen) atoms. The van der Waals surface area contributed by atoms with Gasteiger partial charge in [-0.25, -0.2) is 13.1 Å². The van der Waals surface area contributed by atoms with E-state index in [1.165, 1.54) is 25.6 Å². The number of hydrogen-bond donors (Lipinski definition) is 1. The van der Waals surface area contributed by atoms with E-state index in [2.05, 4.69) is 9.71 Å². The zero-order chi connectivity index (χ0) is 15.2. The van der Waals surface area contributed by atoms with E-state index in [-0.39, 0.29) is 10.8 Å². The van der Waals surface area contributed by atoms with Crippen LogP contribution >= 0.6 is 0 Å². The number of carbonyl (C=O) groups excluding carboxylic acids is 1. The van der Waals surface area contributed by atoms with E-state index in [1.807, 2.05) is 6.92 Å². The van der Waals surface area contributed by atoms with Crippen LogP contribution in [0.15, 0.2) is 23.4 Å². The van der Waals surface area contributed by atoms with Crippen LogP contribution in [0.3, 0.4) is 0 Å². The summed E-state index contributed by atoms with van der Waals surface area (Å²) in [4.78, 5) is 15.5. The summed E-state index contributed by atoms with van der Waals surface area (Å²) in [5.41, 5.74) is 0. The Kier molecular flexibility index (Phi) is 5.94. The van der Waals surface area contributed by atoms with Crippen molar-refractivity contribution in [3.63, 3.8) is 0 Å². The number of aromatic nitrogens is 1. The minimum absolute atomic E-state index is 0.0899.